The van der Waals surface area contributed by atoms with Gasteiger partial charge in [0.15, 0.2) is 5.96 Å². The highest BCUT2D eigenvalue weighted by Gasteiger charge is 2.03. The van der Waals surface area contributed by atoms with Crippen LogP contribution < -0.4 is 20.5 Å². The number of aliphatic imine (C=N–C) groups is 1. The third kappa shape index (κ3) is 6.24. The van der Waals surface area contributed by atoms with E-state index in [1.54, 1.807) is 6.20 Å². The Morgan fingerprint density at radius 1 is 1.00 bits per heavy atom. The van der Waals surface area contributed by atoms with Crippen molar-refractivity contribution < 1.29 is 9.47 Å². The van der Waals surface area contributed by atoms with Crippen LogP contribution in [-0.2, 0) is 6.54 Å². The Morgan fingerprint density at radius 2 is 1.69 bits per heavy atom. The van der Waals surface area contributed by atoms with Gasteiger partial charge >= 0.3 is 0 Å². The van der Waals surface area contributed by atoms with Crippen LogP contribution >= 0.6 is 0 Å². The Labute approximate surface area is 171 Å². The number of hydrogen-bond donors (Lipinski definition) is 2. The lowest BCUT2D eigenvalue weighted by Crippen LogP contribution is -2.22. The molecule has 0 saturated carbocycles. The molecular formula is C23H26N4O2. The second kappa shape index (κ2) is 9.59. The molecule has 0 unspecified atom stereocenters. The fraction of sp³-hybridized carbons (Fsp3) is 0.217. The van der Waals surface area contributed by atoms with E-state index < -0.39 is 0 Å². The fourth-order valence-corrected chi connectivity index (χ4v) is 2.91. The van der Waals surface area contributed by atoms with Crippen molar-refractivity contribution in [2.45, 2.75) is 27.3 Å². The highest BCUT2D eigenvalue weighted by atomic mass is 16.5. The predicted molar refractivity (Wildman–Crippen MR) is 117 cm³/mol. The topological polar surface area (TPSA) is 81.8 Å². The van der Waals surface area contributed by atoms with E-state index in [2.05, 4.69) is 21.4 Å². The van der Waals surface area contributed by atoms with E-state index in [1.807, 2.05) is 69.3 Å². The number of aryl methyl sites for hydroxylation is 2. The molecule has 3 rings (SSSR count). The molecule has 29 heavy (non-hydrogen) atoms. The van der Waals surface area contributed by atoms with Crippen molar-refractivity contribution in [3.63, 3.8) is 0 Å². The zero-order chi connectivity index (χ0) is 20.6. The molecular weight excluding hydrogens is 364 g/mol. The first-order valence-electron chi connectivity index (χ1n) is 9.52. The van der Waals surface area contributed by atoms with Crippen molar-refractivity contribution in [1.29, 1.82) is 0 Å². The highest BCUT2D eigenvalue weighted by molar-refractivity contribution is 5.92. The molecule has 0 aliphatic rings. The maximum atomic E-state index is 6.03. The molecule has 6 heteroatoms. The smallest absolute Gasteiger partial charge is 0.219 e. The average molecular weight is 390 g/mol. The minimum atomic E-state index is 0.362. The third-order valence-corrected chi connectivity index (χ3v) is 4.08. The predicted octanol–water partition coefficient (Wildman–Crippen LogP) is 4.82. The van der Waals surface area contributed by atoms with Crippen molar-refractivity contribution in [2.24, 2.45) is 10.7 Å². The van der Waals surface area contributed by atoms with Crippen LogP contribution in [0.1, 0.15) is 23.6 Å². The lowest BCUT2D eigenvalue weighted by atomic mass is 10.1. The molecule has 3 N–H and O–H groups in total. The number of ether oxygens (including phenoxy) is 2. The van der Waals surface area contributed by atoms with Gasteiger partial charge in [-0.1, -0.05) is 6.07 Å². The number of nitrogens with zero attached hydrogens (tertiary/aromatic N) is 2. The van der Waals surface area contributed by atoms with E-state index in [0.29, 0.717) is 30.7 Å². The van der Waals surface area contributed by atoms with Crippen LogP contribution in [0.3, 0.4) is 0 Å². The van der Waals surface area contributed by atoms with Crippen molar-refractivity contribution >= 4 is 11.6 Å². The summed E-state index contributed by atoms with van der Waals surface area (Å²) in [4.78, 5) is 8.67. The molecule has 0 atom stereocenters. The molecule has 0 radical (unpaired) electrons. The summed E-state index contributed by atoms with van der Waals surface area (Å²) in [6.07, 6.45) is 1.70. The van der Waals surface area contributed by atoms with Gasteiger partial charge in [-0.25, -0.2) is 9.98 Å². The molecule has 1 aromatic heterocycles. The third-order valence-electron chi connectivity index (χ3n) is 4.08. The first-order chi connectivity index (χ1) is 14.0. The van der Waals surface area contributed by atoms with Crippen LogP contribution in [0.25, 0.3) is 0 Å². The quantitative estimate of drug-likeness (QED) is 0.447. The van der Waals surface area contributed by atoms with Crippen LogP contribution in [0.15, 0.2) is 65.8 Å². The first kappa shape index (κ1) is 20.2. The maximum absolute atomic E-state index is 6.03. The number of nitrogens with two attached hydrogens (primary N) is 1. The van der Waals surface area contributed by atoms with E-state index in [0.717, 1.165) is 17.0 Å². The maximum Gasteiger partial charge on any atom is 0.219 e. The lowest BCUT2D eigenvalue weighted by Gasteiger charge is -2.09. The lowest BCUT2D eigenvalue weighted by molar-refractivity contribution is 0.339. The molecule has 1 heterocycles. The van der Waals surface area contributed by atoms with Crippen LogP contribution in [0, 0.1) is 13.8 Å². The van der Waals surface area contributed by atoms with Gasteiger partial charge in [0.2, 0.25) is 5.88 Å². The van der Waals surface area contributed by atoms with Gasteiger partial charge in [0.1, 0.15) is 11.5 Å². The minimum Gasteiger partial charge on any atom is -0.494 e. The Morgan fingerprint density at radius 3 is 2.38 bits per heavy atom. The first-order valence-corrected chi connectivity index (χ1v) is 9.52. The Balaban J connectivity index is 1.62. The Bertz CT molecular complexity index is 964. The number of aromatic nitrogens is 1. The summed E-state index contributed by atoms with van der Waals surface area (Å²) in [5.74, 6) is 2.36. The van der Waals surface area contributed by atoms with E-state index in [9.17, 15) is 0 Å². The van der Waals surface area contributed by atoms with Crippen LogP contribution in [-0.4, -0.2) is 17.6 Å². The van der Waals surface area contributed by atoms with Crippen molar-refractivity contribution in [2.75, 3.05) is 11.9 Å². The van der Waals surface area contributed by atoms with Crippen LogP contribution in [0.5, 0.6) is 17.4 Å². The Hall–Kier alpha value is -3.54. The van der Waals surface area contributed by atoms with Crippen molar-refractivity contribution in [3.8, 4) is 17.4 Å². The van der Waals surface area contributed by atoms with Crippen LogP contribution in [0.4, 0.5) is 5.69 Å². The monoisotopic (exact) mass is 390 g/mol. The molecule has 0 spiro atoms. The minimum absolute atomic E-state index is 0.362. The molecule has 0 aliphatic carbocycles. The second-order valence-electron chi connectivity index (χ2n) is 6.71. The van der Waals surface area contributed by atoms with E-state index in [4.69, 9.17) is 15.2 Å². The second-order valence-corrected chi connectivity index (χ2v) is 6.71. The zero-order valence-electron chi connectivity index (χ0n) is 17.0. The van der Waals surface area contributed by atoms with Crippen molar-refractivity contribution in [3.05, 3.63) is 77.5 Å². The van der Waals surface area contributed by atoms with Gasteiger partial charge in [0.05, 0.1) is 13.2 Å². The molecule has 6 nitrogen and oxygen atoms in total. The van der Waals surface area contributed by atoms with Gasteiger partial charge in [-0.05, 0) is 79.9 Å². The van der Waals surface area contributed by atoms with E-state index in [-0.39, 0.29) is 0 Å². The van der Waals surface area contributed by atoms with Gasteiger partial charge in [-0.2, -0.15) is 0 Å². The molecule has 2 aromatic carbocycles. The molecule has 0 amide bonds. The molecule has 150 valence electrons. The highest BCUT2D eigenvalue weighted by Crippen LogP contribution is 2.23. The van der Waals surface area contributed by atoms with Gasteiger partial charge in [0.25, 0.3) is 0 Å². The van der Waals surface area contributed by atoms with Crippen LogP contribution in [0.2, 0.25) is 0 Å². The zero-order valence-corrected chi connectivity index (χ0v) is 17.0. The Kier molecular flexibility index (Phi) is 6.68. The summed E-state index contributed by atoms with van der Waals surface area (Å²) < 4.78 is 11.3. The van der Waals surface area contributed by atoms with Crippen molar-refractivity contribution in [1.82, 2.24) is 4.98 Å². The average Bonchev–Trinajstić information content (AvgIpc) is 2.68. The molecule has 0 fully saturated rings. The number of hydrogen-bond acceptors (Lipinski definition) is 4. The molecule has 0 bridgehead atoms. The summed E-state index contributed by atoms with van der Waals surface area (Å²) in [5, 5.41) is 3.13. The number of benzene rings is 2. The van der Waals surface area contributed by atoms with Gasteiger partial charge in [-0.3, -0.25) is 0 Å². The molecule has 0 saturated heterocycles. The van der Waals surface area contributed by atoms with E-state index >= 15 is 0 Å². The van der Waals surface area contributed by atoms with Gasteiger partial charge in [0, 0.05) is 18.0 Å². The summed E-state index contributed by atoms with van der Waals surface area (Å²) in [6, 6.07) is 17.4. The standard InChI is InChI=1S/C23H26N4O2/c1-4-28-20-5-7-21(8-6-20)29-22-14-18(9-10-25-22)15-26-23(24)27-19-12-16(2)11-17(3)13-19/h5-14H,4,15H2,1-3H3,(H3,24,26,27). The summed E-state index contributed by atoms with van der Waals surface area (Å²) in [6.45, 7) is 7.10. The number of rotatable bonds is 7. The fourth-order valence-electron chi connectivity index (χ4n) is 2.91. The normalized spacial score (nSPS) is 11.2. The molecule has 0 aliphatic heterocycles. The SMILES string of the molecule is CCOc1ccc(Oc2cc(CN=C(N)Nc3cc(C)cc(C)c3)ccn2)cc1. The van der Waals surface area contributed by atoms with E-state index in [1.165, 1.54) is 11.1 Å². The number of guanidine groups is 1. The summed E-state index contributed by atoms with van der Waals surface area (Å²) >= 11 is 0. The molecule has 3 aromatic rings. The number of pyridine rings is 1. The van der Waals surface area contributed by atoms with Gasteiger partial charge < -0.3 is 20.5 Å². The summed E-state index contributed by atoms with van der Waals surface area (Å²) in [5.41, 5.74) is 10.3. The number of anilines is 1. The van der Waals surface area contributed by atoms with Gasteiger partial charge in [-0.15, -0.1) is 0 Å². The largest absolute Gasteiger partial charge is 0.494 e. The summed E-state index contributed by atoms with van der Waals surface area (Å²) in [7, 11) is 0. The number of nitrogens with one attached hydrogen (secondary N) is 1.